The molecular formula is C17H29NO. The first-order valence-corrected chi connectivity index (χ1v) is 7.49. The molecule has 1 aromatic rings. The summed E-state index contributed by atoms with van der Waals surface area (Å²) in [6.07, 6.45) is 3.61. The zero-order valence-corrected chi connectivity index (χ0v) is 13.0. The van der Waals surface area contributed by atoms with E-state index in [9.17, 15) is 0 Å². The van der Waals surface area contributed by atoms with E-state index in [0.29, 0.717) is 0 Å². The van der Waals surface area contributed by atoms with Gasteiger partial charge < -0.3 is 10.1 Å². The predicted octanol–water partition coefficient (Wildman–Crippen LogP) is 4.10. The van der Waals surface area contributed by atoms with E-state index >= 15 is 0 Å². The first-order chi connectivity index (χ1) is 9.08. The van der Waals surface area contributed by atoms with E-state index in [4.69, 9.17) is 4.74 Å². The van der Waals surface area contributed by atoms with Crippen molar-refractivity contribution in [3.8, 4) is 5.75 Å². The summed E-state index contributed by atoms with van der Waals surface area (Å²) >= 11 is 0. The molecule has 0 saturated carbocycles. The highest BCUT2D eigenvalue weighted by Gasteiger charge is 1.97. The van der Waals surface area contributed by atoms with E-state index in [-0.39, 0.29) is 0 Å². The molecule has 0 radical (unpaired) electrons. The second kappa shape index (κ2) is 8.98. The molecule has 0 heterocycles. The lowest BCUT2D eigenvalue weighted by molar-refractivity contribution is 0.304. The number of benzene rings is 1. The molecule has 2 heteroatoms. The van der Waals surface area contributed by atoms with Gasteiger partial charge in [0.05, 0.1) is 6.61 Å². The van der Waals surface area contributed by atoms with Gasteiger partial charge in [-0.15, -0.1) is 0 Å². The molecule has 1 rings (SSSR count). The Morgan fingerprint density at radius 1 is 1.00 bits per heavy atom. The van der Waals surface area contributed by atoms with Crippen molar-refractivity contribution in [2.24, 2.45) is 5.92 Å². The minimum absolute atomic E-state index is 0.743. The molecule has 0 saturated heterocycles. The predicted molar refractivity (Wildman–Crippen MR) is 83.0 cm³/mol. The van der Waals surface area contributed by atoms with E-state index in [2.05, 4.69) is 51.2 Å². The third kappa shape index (κ3) is 7.89. The van der Waals surface area contributed by atoms with Crippen LogP contribution in [0.1, 0.15) is 44.2 Å². The van der Waals surface area contributed by atoms with Crippen molar-refractivity contribution in [3.63, 3.8) is 0 Å². The van der Waals surface area contributed by atoms with Crippen LogP contribution in [-0.4, -0.2) is 19.7 Å². The van der Waals surface area contributed by atoms with E-state index in [0.717, 1.165) is 37.8 Å². The van der Waals surface area contributed by atoms with Crippen LogP contribution in [-0.2, 0) is 0 Å². The van der Waals surface area contributed by atoms with Crippen LogP contribution < -0.4 is 10.1 Å². The van der Waals surface area contributed by atoms with Crippen molar-refractivity contribution < 1.29 is 4.74 Å². The van der Waals surface area contributed by atoms with Crippen LogP contribution in [0.25, 0.3) is 0 Å². The highest BCUT2D eigenvalue weighted by atomic mass is 16.5. The Kier molecular flexibility index (Phi) is 7.57. The summed E-state index contributed by atoms with van der Waals surface area (Å²) < 4.78 is 5.79. The molecule has 0 aromatic heterocycles. The molecule has 1 aromatic carbocycles. The van der Waals surface area contributed by atoms with Gasteiger partial charge in [0.25, 0.3) is 0 Å². The number of aryl methyl sites for hydroxylation is 2. The molecule has 0 amide bonds. The first kappa shape index (κ1) is 16.0. The number of hydrogen-bond donors (Lipinski definition) is 1. The third-order valence-electron chi connectivity index (χ3n) is 3.01. The fraction of sp³-hybridized carbons (Fsp3) is 0.647. The summed E-state index contributed by atoms with van der Waals surface area (Å²) in [5.41, 5.74) is 2.54. The van der Waals surface area contributed by atoms with Crippen molar-refractivity contribution in [1.82, 2.24) is 5.32 Å². The first-order valence-electron chi connectivity index (χ1n) is 7.49. The van der Waals surface area contributed by atoms with Gasteiger partial charge in [-0.25, -0.2) is 0 Å². The average molecular weight is 263 g/mol. The van der Waals surface area contributed by atoms with Gasteiger partial charge in [-0.1, -0.05) is 19.9 Å². The summed E-state index contributed by atoms with van der Waals surface area (Å²) in [5.74, 6) is 1.75. The second-order valence-corrected chi connectivity index (χ2v) is 5.83. The molecule has 0 aliphatic heterocycles. The van der Waals surface area contributed by atoms with Gasteiger partial charge in [0, 0.05) is 0 Å². The Labute approximate surface area is 118 Å². The van der Waals surface area contributed by atoms with Crippen LogP contribution in [0.2, 0.25) is 0 Å². The monoisotopic (exact) mass is 263 g/mol. The topological polar surface area (TPSA) is 21.3 Å². The lowest BCUT2D eigenvalue weighted by Crippen LogP contribution is -2.20. The maximum atomic E-state index is 5.79. The molecule has 0 atom stereocenters. The molecule has 0 bridgehead atoms. The van der Waals surface area contributed by atoms with Gasteiger partial charge in [-0.2, -0.15) is 0 Å². The summed E-state index contributed by atoms with van der Waals surface area (Å²) in [6, 6.07) is 6.39. The Morgan fingerprint density at radius 3 is 2.32 bits per heavy atom. The van der Waals surface area contributed by atoms with E-state index in [1.54, 1.807) is 0 Å². The van der Waals surface area contributed by atoms with Gasteiger partial charge in [-0.05, 0) is 75.4 Å². The molecule has 2 nitrogen and oxygen atoms in total. The molecule has 0 aliphatic carbocycles. The standard InChI is InChI=1S/C17H29NO/c1-14(2)13-18-8-6-5-7-9-19-17-11-15(3)10-16(4)12-17/h10-12,14,18H,5-9,13H2,1-4H3. The molecule has 19 heavy (non-hydrogen) atoms. The van der Waals surface area contributed by atoms with Crippen LogP contribution in [0.4, 0.5) is 0 Å². The number of rotatable bonds is 9. The highest BCUT2D eigenvalue weighted by Crippen LogP contribution is 2.16. The maximum absolute atomic E-state index is 5.79. The van der Waals surface area contributed by atoms with E-state index in [1.165, 1.54) is 24.0 Å². The molecule has 1 N–H and O–H groups in total. The summed E-state index contributed by atoms with van der Waals surface area (Å²) in [5, 5.41) is 3.47. The van der Waals surface area contributed by atoms with E-state index < -0.39 is 0 Å². The summed E-state index contributed by atoms with van der Waals surface area (Å²) in [7, 11) is 0. The fourth-order valence-electron chi connectivity index (χ4n) is 2.13. The number of nitrogens with one attached hydrogen (secondary N) is 1. The largest absolute Gasteiger partial charge is 0.494 e. The maximum Gasteiger partial charge on any atom is 0.119 e. The van der Waals surface area contributed by atoms with Gasteiger partial charge in [-0.3, -0.25) is 0 Å². The van der Waals surface area contributed by atoms with Crippen molar-refractivity contribution in [3.05, 3.63) is 29.3 Å². The Balaban J connectivity index is 2.04. The molecule has 0 fully saturated rings. The normalized spacial score (nSPS) is 11.0. The minimum atomic E-state index is 0.743. The van der Waals surface area contributed by atoms with Crippen molar-refractivity contribution in [1.29, 1.82) is 0 Å². The zero-order chi connectivity index (χ0) is 14.1. The molecule has 0 spiro atoms. The number of ether oxygens (including phenoxy) is 1. The zero-order valence-electron chi connectivity index (χ0n) is 13.0. The summed E-state index contributed by atoms with van der Waals surface area (Å²) in [6.45, 7) is 11.8. The number of hydrogen-bond acceptors (Lipinski definition) is 2. The highest BCUT2D eigenvalue weighted by molar-refractivity contribution is 5.32. The van der Waals surface area contributed by atoms with Gasteiger partial charge in [0.1, 0.15) is 5.75 Å². The number of unbranched alkanes of at least 4 members (excludes halogenated alkanes) is 2. The Bertz CT molecular complexity index is 340. The molecule has 108 valence electrons. The minimum Gasteiger partial charge on any atom is -0.494 e. The van der Waals surface area contributed by atoms with Gasteiger partial charge in [0.2, 0.25) is 0 Å². The SMILES string of the molecule is Cc1cc(C)cc(OCCCCCNCC(C)C)c1. The second-order valence-electron chi connectivity index (χ2n) is 5.83. The Morgan fingerprint density at radius 2 is 1.68 bits per heavy atom. The Hall–Kier alpha value is -1.02. The lowest BCUT2D eigenvalue weighted by Gasteiger charge is -2.09. The van der Waals surface area contributed by atoms with Crippen LogP contribution in [0.5, 0.6) is 5.75 Å². The van der Waals surface area contributed by atoms with E-state index in [1.807, 2.05) is 0 Å². The third-order valence-corrected chi connectivity index (χ3v) is 3.01. The van der Waals surface area contributed by atoms with Crippen LogP contribution in [0.15, 0.2) is 18.2 Å². The molecule has 0 aliphatic rings. The smallest absolute Gasteiger partial charge is 0.119 e. The molecular weight excluding hydrogens is 234 g/mol. The fourth-order valence-corrected chi connectivity index (χ4v) is 2.13. The summed E-state index contributed by atoms with van der Waals surface area (Å²) in [4.78, 5) is 0. The van der Waals surface area contributed by atoms with Crippen molar-refractivity contribution in [2.75, 3.05) is 19.7 Å². The van der Waals surface area contributed by atoms with Crippen molar-refractivity contribution in [2.45, 2.75) is 47.0 Å². The lowest BCUT2D eigenvalue weighted by atomic mass is 10.1. The van der Waals surface area contributed by atoms with Crippen LogP contribution in [0, 0.1) is 19.8 Å². The quantitative estimate of drug-likeness (QED) is 0.677. The molecule has 0 unspecified atom stereocenters. The van der Waals surface area contributed by atoms with Crippen LogP contribution in [0.3, 0.4) is 0 Å². The van der Waals surface area contributed by atoms with Gasteiger partial charge in [0.15, 0.2) is 0 Å². The van der Waals surface area contributed by atoms with Crippen molar-refractivity contribution >= 4 is 0 Å². The van der Waals surface area contributed by atoms with Crippen LogP contribution >= 0.6 is 0 Å². The van der Waals surface area contributed by atoms with Gasteiger partial charge >= 0.3 is 0 Å². The average Bonchev–Trinajstić information content (AvgIpc) is 2.31.